The van der Waals surface area contributed by atoms with E-state index in [0.717, 1.165) is 0 Å². The topological polar surface area (TPSA) is 55.2 Å². The molecule has 0 N–H and O–H groups in total. The van der Waals surface area contributed by atoms with E-state index in [1.807, 2.05) is 6.92 Å². The lowest BCUT2D eigenvalue weighted by molar-refractivity contribution is 0.485. The van der Waals surface area contributed by atoms with Gasteiger partial charge in [-0.15, -0.1) is 11.6 Å². The van der Waals surface area contributed by atoms with E-state index in [4.69, 9.17) is 11.6 Å². The third-order valence-electron chi connectivity index (χ3n) is 2.05. The molecule has 1 aromatic rings. The minimum absolute atomic E-state index is 0.0666. The van der Waals surface area contributed by atoms with Crippen molar-refractivity contribution in [2.45, 2.75) is 18.5 Å². The predicted molar refractivity (Wildman–Crippen MR) is 58.4 cm³/mol. The van der Waals surface area contributed by atoms with Gasteiger partial charge in [0.25, 0.3) is 10.0 Å². The summed E-state index contributed by atoms with van der Waals surface area (Å²) in [5, 5.41) is 0.0666. The molecule has 0 unspecified atom stereocenters. The summed E-state index contributed by atoms with van der Waals surface area (Å²) in [6.45, 7) is 2.89. The summed E-state index contributed by atoms with van der Waals surface area (Å²) >= 11 is 5.49. The minimum atomic E-state index is -3.47. The summed E-state index contributed by atoms with van der Waals surface area (Å²) in [5.74, 6) is 0.268. The Morgan fingerprint density at radius 2 is 2.27 bits per heavy atom. The molecule has 0 aliphatic heterocycles. The quantitative estimate of drug-likeness (QED) is 0.726. The zero-order valence-corrected chi connectivity index (χ0v) is 10.3. The molecule has 7 heteroatoms. The van der Waals surface area contributed by atoms with Crippen LogP contribution in [0.1, 0.15) is 6.92 Å². The molecule has 0 aliphatic carbocycles. The molecule has 0 bridgehead atoms. The third kappa shape index (κ3) is 2.70. The summed E-state index contributed by atoms with van der Waals surface area (Å²) in [6, 6.07) is 0. The number of aryl methyl sites for hydroxylation is 1. The van der Waals surface area contributed by atoms with Gasteiger partial charge >= 0.3 is 0 Å². The first kappa shape index (κ1) is 12.5. The molecular weight excluding hydrogens is 238 g/mol. The number of hydrogen-bond acceptors (Lipinski definition) is 3. The van der Waals surface area contributed by atoms with Crippen LogP contribution in [0.2, 0.25) is 0 Å². The van der Waals surface area contributed by atoms with Gasteiger partial charge in [0.1, 0.15) is 0 Å². The fourth-order valence-electron chi connectivity index (χ4n) is 1.04. The van der Waals surface area contributed by atoms with Gasteiger partial charge in [-0.05, 0) is 6.92 Å². The molecule has 0 aliphatic rings. The van der Waals surface area contributed by atoms with E-state index in [9.17, 15) is 8.42 Å². The maximum atomic E-state index is 11.8. The molecule has 0 fully saturated rings. The van der Waals surface area contributed by atoms with Gasteiger partial charge < -0.3 is 4.57 Å². The summed E-state index contributed by atoms with van der Waals surface area (Å²) in [7, 11) is -1.98. The van der Waals surface area contributed by atoms with Crippen molar-refractivity contribution in [3.8, 4) is 0 Å². The molecule has 1 heterocycles. The fraction of sp³-hybridized carbons (Fsp3) is 0.625. The second-order valence-electron chi connectivity index (χ2n) is 3.06. The lowest BCUT2D eigenvalue weighted by Gasteiger charge is -2.13. The summed E-state index contributed by atoms with van der Waals surface area (Å²) in [5.41, 5.74) is 0. The number of alkyl halides is 1. The molecule has 1 rings (SSSR count). The Morgan fingerprint density at radius 3 is 2.73 bits per heavy atom. The van der Waals surface area contributed by atoms with Crippen LogP contribution in [0.25, 0.3) is 0 Å². The van der Waals surface area contributed by atoms with Crippen molar-refractivity contribution >= 4 is 21.6 Å². The summed E-state index contributed by atoms with van der Waals surface area (Å²) in [6.07, 6.45) is 3.02. The van der Waals surface area contributed by atoms with Crippen LogP contribution in [0, 0.1) is 0 Å². The average molecular weight is 252 g/mol. The molecule has 0 radical (unpaired) electrons. The van der Waals surface area contributed by atoms with Crippen LogP contribution in [0.15, 0.2) is 17.6 Å². The van der Waals surface area contributed by atoms with Gasteiger partial charge in [-0.3, -0.25) is 0 Å². The van der Waals surface area contributed by atoms with Crippen LogP contribution in [0.5, 0.6) is 0 Å². The van der Waals surface area contributed by atoms with Crippen LogP contribution in [0.3, 0.4) is 0 Å². The molecule has 1 aromatic heterocycles. The fourth-order valence-corrected chi connectivity index (χ4v) is 2.50. The Kier molecular flexibility index (Phi) is 4.12. The largest absolute Gasteiger partial charge is 0.336 e. The number of halogens is 1. The number of sulfonamides is 1. The van der Waals surface area contributed by atoms with Crippen molar-refractivity contribution in [3.05, 3.63) is 12.5 Å². The Balaban J connectivity index is 2.95. The van der Waals surface area contributed by atoms with E-state index in [2.05, 4.69) is 4.98 Å². The highest BCUT2D eigenvalue weighted by molar-refractivity contribution is 7.89. The second kappa shape index (κ2) is 4.96. The highest BCUT2D eigenvalue weighted by Gasteiger charge is 2.22. The van der Waals surface area contributed by atoms with Crippen molar-refractivity contribution in [2.75, 3.05) is 19.5 Å². The molecular formula is C8H14ClN3O2S. The van der Waals surface area contributed by atoms with Crippen molar-refractivity contribution in [2.24, 2.45) is 0 Å². The van der Waals surface area contributed by atoms with Crippen LogP contribution in [0.4, 0.5) is 0 Å². The molecule has 0 atom stereocenters. The average Bonchev–Trinajstić information content (AvgIpc) is 2.66. The molecule has 0 amide bonds. The van der Waals surface area contributed by atoms with Crippen LogP contribution in [-0.2, 0) is 16.6 Å². The zero-order chi connectivity index (χ0) is 11.5. The lowest BCUT2D eigenvalue weighted by atomic mass is 10.7. The first-order chi connectivity index (χ1) is 7.02. The zero-order valence-electron chi connectivity index (χ0n) is 8.72. The van der Waals surface area contributed by atoms with Gasteiger partial charge in [-0.2, -0.15) is 4.31 Å². The van der Waals surface area contributed by atoms with E-state index in [1.165, 1.54) is 23.9 Å². The Hall–Kier alpha value is -0.590. The van der Waals surface area contributed by atoms with Crippen molar-refractivity contribution in [1.82, 2.24) is 13.9 Å². The van der Waals surface area contributed by atoms with E-state index in [-0.39, 0.29) is 17.5 Å². The van der Waals surface area contributed by atoms with Crippen LogP contribution in [-0.4, -0.2) is 41.7 Å². The predicted octanol–water partition coefficient (Wildman–Crippen LogP) is 0.762. The maximum Gasteiger partial charge on any atom is 0.261 e. The number of aromatic nitrogens is 2. The lowest BCUT2D eigenvalue weighted by Crippen LogP contribution is -2.29. The van der Waals surface area contributed by atoms with Gasteiger partial charge in [0.15, 0.2) is 5.03 Å². The summed E-state index contributed by atoms with van der Waals surface area (Å²) in [4.78, 5) is 3.85. The Labute approximate surface area is 94.7 Å². The van der Waals surface area contributed by atoms with Crippen molar-refractivity contribution < 1.29 is 8.42 Å². The number of rotatable bonds is 5. The standard InChI is InChI=1S/C8H14ClN3O2S/c1-3-12-6-8(10-7-12)15(13,14)11(2)5-4-9/h6-7H,3-5H2,1-2H3. The Morgan fingerprint density at radius 1 is 1.60 bits per heavy atom. The third-order valence-corrected chi connectivity index (χ3v) is 3.96. The SMILES string of the molecule is CCn1cnc(S(=O)(=O)N(C)CCCl)c1. The van der Waals surface area contributed by atoms with Crippen LogP contribution >= 0.6 is 11.6 Å². The maximum absolute atomic E-state index is 11.8. The highest BCUT2D eigenvalue weighted by atomic mass is 35.5. The minimum Gasteiger partial charge on any atom is -0.336 e. The van der Waals surface area contributed by atoms with Gasteiger partial charge in [-0.1, -0.05) is 0 Å². The smallest absolute Gasteiger partial charge is 0.261 e. The van der Waals surface area contributed by atoms with Gasteiger partial charge in [-0.25, -0.2) is 13.4 Å². The molecule has 0 saturated heterocycles. The molecule has 86 valence electrons. The Bertz CT molecular complexity index is 415. The normalized spacial score (nSPS) is 12.3. The van der Waals surface area contributed by atoms with E-state index in [0.29, 0.717) is 6.54 Å². The van der Waals surface area contributed by atoms with E-state index < -0.39 is 10.0 Å². The van der Waals surface area contributed by atoms with E-state index >= 15 is 0 Å². The van der Waals surface area contributed by atoms with E-state index in [1.54, 1.807) is 4.57 Å². The van der Waals surface area contributed by atoms with Crippen molar-refractivity contribution in [1.29, 1.82) is 0 Å². The molecule has 0 spiro atoms. The second-order valence-corrected chi connectivity index (χ2v) is 5.43. The first-order valence-electron chi connectivity index (χ1n) is 4.56. The number of hydrogen-bond donors (Lipinski definition) is 0. The summed E-state index contributed by atoms with van der Waals surface area (Å²) < 4.78 is 26.6. The molecule has 5 nitrogen and oxygen atoms in total. The molecule has 0 saturated carbocycles. The van der Waals surface area contributed by atoms with Gasteiger partial charge in [0, 0.05) is 32.2 Å². The van der Waals surface area contributed by atoms with Gasteiger partial charge in [0.2, 0.25) is 0 Å². The highest BCUT2D eigenvalue weighted by Crippen LogP contribution is 2.11. The molecule has 0 aromatic carbocycles. The number of nitrogens with zero attached hydrogens (tertiary/aromatic N) is 3. The van der Waals surface area contributed by atoms with Crippen molar-refractivity contribution in [3.63, 3.8) is 0 Å². The molecule has 15 heavy (non-hydrogen) atoms. The number of imidazole rings is 1. The monoisotopic (exact) mass is 251 g/mol. The van der Waals surface area contributed by atoms with Crippen LogP contribution < -0.4 is 0 Å². The first-order valence-corrected chi connectivity index (χ1v) is 6.54. The van der Waals surface area contributed by atoms with Gasteiger partial charge in [0.05, 0.1) is 6.33 Å².